The monoisotopic (exact) mass is 212 g/mol. The molecule has 2 aliphatic rings. The van der Waals surface area contributed by atoms with Gasteiger partial charge in [0.25, 0.3) is 11.8 Å². The van der Waals surface area contributed by atoms with Crippen LogP contribution >= 0.6 is 0 Å². The summed E-state index contributed by atoms with van der Waals surface area (Å²) in [6, 6.07) is -0.737. The SMILES string of the molecule is O=C1C[C@@H](C(=O)ON2C(=O)CCC2=O)N1. The molecule has 3 amide bonds. The largest absolute Gasteiger partial charge is 0.355 e. The molecule has 7 nitrogen and oxygen atoms in total. The zero-order chi connectivity index (χ0) is 11.0. The molecule has 2 fully saturated rings. The zero-order valence-electron chi connectivity index (χ0n) is 7.69. The highest BCUT2D eigenvalue weighted by molar-refractivity contribution is 6.02. The van der Waals surface area contributed by atoms with Crippen LogP contribution in [0.25, 0.3) is 0 Å². The van der Waals surface area contributed by atoms with Crippen molar-refractivity contribution in [1.82, 2.24) is 10.4 Å². The van der Waals surface area contributed by atoms with Crippen molar-refractivity contribution in [3.05, 3.63) is 0 Å². The first-order valence-electron chi connectivity index (χ1n) is 4.45. The summed E-state index contributed by atoms with van der Waals surface area (Å²) in [5, 5.41) is 2.75. The second-order valence-corrected chi connectivity index (χ2v) is 3.32. The maximum absolute atomic E-state index is 11.2. The molecule has 0 bridgehead atoms. The maximum Gasteiger partial charge on any atom is 0.355 e. The van der Waals surface area contributed by atoms with E-state index in [2.05, 4.69) is 10.2 Å². The van der Waals surface area contributed by atoms with Gasteiger partial charge < -0.3 is 10.2 Å². The average Bonchev–Trinajstić information content (AvgIpc) is 2.44. The Kier molecular flexibility index (Phi) is 2.14. The molecule has 15 heavy (non-hydrogen) atoms. The number of hydrogen-bond acceptors (Lipinski definition) is 5. The van der Waals surface area contributed by atoms with Gasteiger partial charge in [0, 0.05) is 12.8 Å². The summed E-state index contributed by atoms with van der Waals surface area (Å²) in [7, 11) is 0. The van der Waals surface area contributed by atoms with Crippen LogP contribution in [0.1, 0.15) is 19.3 Å². The highest BCUT2D eigenvalue weighted by Crippen LogP contribution is 2.14. The number of β-lactam (4-membered cyclic amide) rings is 1. The van der Waals surface area contributed by atoms with E-state index in [-0.39, 0.29) is 25.2 Å². The first kappa shape index (κ1) is 9.63. The number of imide groups is 1. The second-order valence-electron chi connectivity index (χ2n) is 3.32. The van der Waals surface area contributed by atoms with Gasteiger partial charge >= 0.3 is 5.97 Å². The van der Waals surface area contributed by atoms with Crippen LogP contribution in [-0.4, -0.2) is 34.8 Å². The van der Waals surface area contributed by atoms with Crippen molar-refractivity contribution >= 4 is 23.7 Å². The fourth-order valence-electron chi connectivity index (χ4n) is 1.31. The minimum atomic E-state index is -0.779. The number of carbonyl (C=O) groups excluding carboxylic acids is 4. The van der Waals surface area contributed by atoms with Gasteiger partial charge in [0.1, 0.15) is 6.04 Å². The highest BCUT2D eigenvalue weighted by atomic mass is 16.7. The van der Waals surface area contributed by atoms with E-state index < -0.39 is 23.8 Å². The van der Waals surface area contributed by atoms with Crippen LogP contribution in [0.5, 0.6) is 0 Å². The van der Waals surface area contributed by atoms with Crippen molar-refractivity contribution in [2.45, 2.75) is 25.3 Å². The summed E-state index contributed by atoms with van der Waals surface area (Å²) in [5.74, 6) is -2.09. The summed E-state index contributed by atoms with van der Waals surface area (Å²) in [5.41, 5.74) is 0. The van der Waals surface area contributed by atoms with Crippen LogP contribution in [-0.2, 0) is 24.0 Å². The molecule has 0 aromatic heterocycles. The first-order chi connectivity index (χ1) is 7.08. The van der Waals surface area contributed by atoms with Crippen molar-refractivity contribution in [2.24, 2.45) is 0 Å². The minimum Gasteiger partial charge on any atom is -0.342 e. The third-order valence-electron chi connectivity index (χ3n) is 2.20. The topological polar surface area (TPSA) is 92.8 Å². The fourth-order valence-corrected chi connectivity index (χ4v) is 1.31. The van der Waals surface area contributed by atoms with Crippen LogP contribution in [0, 0.1) is 0 Å². The van der Waals surface area contributed by atoms with Gasteiger partial charge in [-0.05, 0) is 0 Å². The number of nitrogens with zero attached hydrogens (tertiary/aromatic N) is 1. The molecule has 1 N–H and O–H groups in total. The molecule has 7 heteroatoms. The summed E-state index contributed by atoms with van der Waals surface area (Å²) in [6.07, 6.45) is 0.154. The molecule has 0 aromatic rings. The smallest absolute Gasteiger partial charge is 0.342 e. The van der Waals surface area contributed by atoms with Gasteiger partial charge in [-0.25, -0.2) is 4.79 Å². The van der Waals surface area contributed by atoms with E-state index in [1.54, 1.807) is 0 Å². The van der Waals surface area contributed by atoms with E-state index in [0.29, 0.717) is 5.06 Å². The number of carbonyl (C=O) groups is 4. The summed E-state index contributed by atoms with van der Waals surface area (Å²) >= 11 is 0. The first-order valence-corrected chi connectivity index (χ1v) is 4.45. The molecule has 2 aliphatic heterocycles. The van der Waals surface area contributed by atoms with Crippen LogP contribution in [0.2, 0.25) is 0 Å². The summed E-state index contributed by atoms with van der Waals surface area (Å²) < 4.78 is 0. The Labute approximate surface area is 84.3 Å². The van der Waals surface area contributed by atoms with E-state index in [1.165, 1.54) is 0 Å². The number of hydrogen-bond donors (Lipinski definition) is 1. The number of amides is 3. The van der Waals surface area contributed by atoms with Crippen LogP contribution in [0.3, 0.4) is 0 Å². The molecule has 2 heterocycles. The van der Waals surface area contributed by atoms with Crippen molar-refractivity contribution in [2.75, 3.05) is 0 Å². The Morgan fingerprint density at radius 3 is 2.27 bits per heavy atom. The Balaban J connectivity index is 1.91. The van der Waals surface area contributed by atoms with E-state index in [1.807, 2.05) is 0 Å². The van der Waals surface area contributed by atoms with Crippen LogP contribution in [0.4, 0.5) is 0 Å². The van der Waals surface area contributed by atoms with Gasteiger partial charge in [0.15, 0.2) is 0 Å². The van der Waals surface area contributed by atoms with Crippen LogP contribution in [0.15, 0.2) is 0 Å². The van der Waals surface area contributed by atoms with E-state index >= 15 is 0 Å². The molecule has 0 spiro atoms. The third-order valence-corrected chi connectivity index (χ3v) is 2.20. The van der Waals surface area contributed by atoms with E-state index in [0.717, 1.165) is 0 Å². The molecular formula is C8H8N2O5. The van der Waals surface area contributed by atoms with Gasteiger partial charge in [-0.1, -0.05) is 0 Å². The van der Waals surface area contributed by atoms with E-state index in [9.17, 15) is 19.2 Å². The Bertz CT molecular complexity index is 340. The Morgan fingerprint density at radius 2 is 1.80 bits per heavy atom. The number of nitrogens with one attached hydrogen (secondary N) is 1. The quantitative estimate of drug-likeness (QED) is 0.443. The molecule has 0 unspecified atom stereocenters. The molecule has 0 aromatic carbocycles. The molecule has 0 aliphatic carbocycles. The summed E-state index contributed by atoms with van der Waals surface area (Å²) in [6.45, 7) is 0. The van der Waals surface area contributed by atoms with Crippen molar-refractivity contribution < 1.29 is 24.0 Å². The third kappa shape index (κ3) is 1.67. The van der Waals surface area contributed by atoms with E-state index in [4.69, 9.17) is 0 Å². The standard InChI is InChI=1S/C8H8N2O5/c11-5-3-4(9-5)8(14)15-10-6(12)1-2-7(10)13/h4H,1-3H2,(H,9,11)/t4-/m0/s1. The van der Waals surface area contributed by atoms with Crippen molar-refractivity contribution in [1.29, 1.82) is 0 Å². The van der Waals surface area contributed by atoms with Gasteiger partial charge in [0.2, 0.25) is 5.91 Å². The predicted octanol–water partition coefficient (Wildman–Crippen LogP) is -1.52. The lowest BCUT2D eigenvalue weighted by Crippen LogP contribution is -2.55. The molecule has 0 saturated carbocycles. The van der Waals surface area contributed by atoms with Gasteiger partial charge in [-0.15, -0.1) is 5.06 Å². The second kappa shape index (κ2) is 3.34. The van der Waals surface area contributed by atoms with Gasteiger partial charge in [-0.2, -0.15) is 0 Å². The Morgan fingerprint density at radius 1 is 1.27 bits per heavy atom. The molecule has 0 radical (unpaired) electrons. The maximum atomic E-state index is 11.2. The normalized spacial score (nSPS) is 24.9. The van der Waals surface area contributed by atoms with Crippen LogP contribution < -0.4 is 5.32 Å². The van der Waals surface area contributed by atoms with Gasteiger partial charge in [0.05, 0.1) is 6.42 Å². The Hall–Kier alpha value is -1.92. The molecule has 2 rings (SSSR count). The fraction of sp³-hybridized carbons (Fsp3) is 0.500. The highest BCUT2D eigenvalue weighted by Gasteiger charge is 2.38. The zero-order valence-corrected chi connectivity index (χ0v) is 7.69. The predicted molar refractivity (Wildman–Crippen MR) is 43.7 cm³/mol. The molecule has 1 atom stereocenters. The lowest BCUT2D eigenvalue weighted by atomic mass is 10.1. The lowest BCUT2D eigenvalue weighted by molar-refractivity contribution is -0.200. The average molecular weight is 212 g/mol. The lowest BCUT2D eigenvalue weighted by Gasteiger charge is -2.25. The number of hydroxylamine groups is 2. The summed E-state index contributed by atoms with van der Waals surface area (Å²) in [4.78, 5) is 48.4. The molecule has 80 valence electrons. The molecular weight excluding hydrogens is 204 g/mol. The van der Waals surface area contributed by atoms with Crippen molar-refractivity contribution in [3.63, 3.8) is 0 Å². The minimum absolute atomic E-state index is 0.0368. The molecule has 2 saturated heterocycles. The van der Waals surface area contributed by atoms with Crippen molar-refractivity contribution in [3.8, 4) is 0 Å². The van der Waals surface area contributed by atoms with Gasteiger partial charge in [-0.3, -0.25) is 14.4 Å². The number of rotatable bonds is 2.